The molecule has 2 rings (SSSR count). The number of carbonyl (C=O) groups is 2. The van der Waals surface area contributed by atoms with Crippen molar-refractivity contribution in [1.29, 1.82) is 0 Å². The molecule has 1 aromatic carbocycles. The zero-order valence-corrected chi connectivity index (χ0v) is 24.1. The Morgan fingerprint density at radius 1 is 1.24 bits per heavy atom. The topological polar surface area (TPSA) is 77.5 Å². The minimum atomic E-state index is -0.529. The monoisotopic (exact) mass is 543 g/mol. The molecule has 1 heterocycles. The maximum atomic E-state index is 12.5. The summed E-state index contributed by atoms with van der Waals surface area (Å²) in [6.45, 7) is 15.0. The first-order chi connectivity index (χ1) is 18.1. The van der Waals surface area contributed by atoms with Gasteiger partial charge in [0.2, 0.25) is 11.8 Å². The zero-order chi connectivity index (χ0) is 28.2. The van der Waals surface area contributed by atoms with Crippen LogP contribution in [0, 0.1) is 5.92 Å². The summed E-state index contributed by atoms with van der Waals surface area (Å²) >= 11 is 6.46. The Morgan fingerprint density at radius 3 is 2.50 bits per heavy atom. The molecular weight excluding hydrogens is 502 g/mol. The van der Waals surface area contributed by atoms with Gasteiger partial charge in [-0.1, -0.05) is 44.2 Å². The molecule has 1 saturated heterocycles. The number of halogens is 1. The third kappa shape index (κ3) is 9.11. The molecule has 208 valence electrons. The van der Waals surface area contributed by atoms with Gasteiger partial charge in [0.1, 0.15) is 6.61 Å². The van der Waals surface area contributed by atoms with Crippen molar-refractivity contribution in [2.75, 3.05) is 54.0 Å². The van der Waals surface area contributed by atoms with Gasteiger partial charge in [0.05, 0.1) is 12.4 Å². The van der Waals surface area contributed by atoms with Crippen molar-refractivity contribution in [3.8, 4) is 0 Å². The molecule has 38 heavy (non-hydrogen) atoms. The number of aliphatic imine (C=N–C) groups is 1. The van der Waals surface area contributed by atoms with Gasteiger partial charge in [0.25, 0.3) is 0 Å². The lowest BCUT2D eigenvalue weighted by molar-refractivity contribution is -0.136. The number of nitrogens with zero attached hydrogens (tertiary/aromatic N) is 4. The normalized spacial score (nSPS) is 16.1. The Kier molecular flexibility index (Phi) is 12.7. The van der Waals surface area contributed by atoms with Crippen LogP contribution in [0.3, 0.4) is 0 Å². The molecule has 0 saturated carbocycles. The number of hydrogen-bond donors (Lipinski definition) is 1. The van der Waals surface area contributed by atoms with Crippen LogP contribution in [0.25, 0.3) is 5.57 Å². The van der Waals surface area contributed by atoms with Crippen LogP contribution in [0.2, 0.25) is 5.02 Å². The number of carbonyl (C=O) groups excluding carboxylic acids is 2. The van der Waals surface area contributed by atoms with Crippen molar-refractivity contribution in [1.82, 2.24) is 20.0 Å². The van der Waals surface area contributed by atoms with Gasteiger partial charge in [-0.25, -0.2) is 4.99 Å². The molecule has 1 aromatic rings. The number of rotatable bonds is 13. The van der Waals surface area contributed by atoms with E-state index in [1.165, 1.54) is 7.11 Å². The van der Waals surface area contributed by atoms with E-state index in [0.717, 1.165) is 24.2 Å². The van der Waals surface area contributed by atoms with Gasteiger partial charge in [0.15, 0.2) is 0 Å². The smallest absolute Gasteiger partial charge is 0.246 e. The summed E-state index contributed by atoms with van der Waals surface area (Å²) < 4.78 is 5.01. The third-order valence-corrected chi connectivity index (χ3v) is 6.54. The van der Waals surface area contributed by atoms with Crippen molar-refractivity contribution in [2.45, 2.75) is 32.4 Å². The Hall–Kier alpha value is -2.94. The number of nitrogens with one attached hydrogen (secondary N) is 1. The minimum Gasteiger partial charge on any atom is -0.375 e. The van der Waals surface area contributed by atoms with Gasteiger partial charge < -0.3 is 19.9 Å². The number of benzene rings is 1. The zero-order valence-electron chi connectivity index (χ0n) is 23.3. The van der Waals surface area contributed by atoms with Gasteiger partial charge in [-0.3, -0.25) is 14.5 Å². The van der Waals surface area contributed by atoms with Gasteiger partial charge in [-0.15, -0.1) is 6.58 Å². The highest BCUT2D eigenvalue weighted by atomic mass is 35.5. The lowest BCUT2D eigenvalue weighted by atomic mass is 9.89. The lowest BCUT2D eigenvalue weighted by Crippen LogP contribution is -2.50. The minimum absolute atomic E-state index is 0.0129. The first-order valence-electron chi connectivity index (χ1n) is 12.9. The molecule has 0 radical (unpaired) electrons. The van der Waals surface area contributed by atoms with E-state index in [2.05, 4.69) is 28.4 Å². The Bertz CT molecular complexity index is 1030. The van der Waals surface area contributed by atoms with Crippen LogP contribution in [-0.2, 0) is 14.3 Å². The fourth-order valence-corrected chi connectivity index (χ4v) is 4.59. The highest BCUT2D eigenvalue weighted by Gasteiger charge is 2.29. The standard InChI is InChI=1S/C29H42ClN5O3/c1-8-9-27(34-14-16-35(17-15-34)29(37)21(2)3)24-11-10-23(30)18-25(24)22(4)26(32-28(36)19-38-7)12-13-31-20-33(5)6/h8,10-13,18,20-21,26-27H,1,4,9,14-17,19H2,2-3,5-7H3,(H,32,36)/b13-12+,31-20?. The first-order valence-corrected chi connectivity index (χ1v) is 13.2. The van der Waals surface area contributed by atoms with Crippen LogP contribution < -0.4 is 5.32 Å². The van der Waals surface area contributed by atoms with Gasteiger partial charge in [-0.05, 0) is 41.3 Å². The summed E-state index contributed by atoms with van der Waals surface area (Å²) in [5, 5.41) is 3.55. The quantitative estimate of drug-likeness (QED) is 0.231. The van der Waals surface area contributed by atoms with E-state index in [-0.39, 0.29) is 30.4 Å². The molecule has 1 fully saturated rings. The van der Waals surface area contributed by atoms with Gasteiger partial charge in [0, 0.05) is 70.6 Å². The molecule has 0 spiro atoms. The molecular formula is C29H42ClN5O3. The lowest BCUT2D eigenvalue weighted by Gasteiger charge is -2.40. The van der Waals surface area contributed by atoms with Crippen molar-refractivity contribution >= 4 is 35.3 Å². The SMILES string of the molecule is C=CCC(c1ccc(Cl)cc1C(=C)C(/C=C/N=CN(C)C)NC(=O)COC)N1CCN(C(=O)C(C)C)CC1. The van der Waals surface area contributed by atoms with Crippen LogP contribution in [0.5, 0.6) is 0 Å². The first kappa shape index (κ1) is 31.3. The molecule has 0 bridgehead atoms. The molecule has 2 unspecified atom stereocenters. The number of methoxy groups -OCH3 is 1. The molecule has 1 aliphatic rings. The molecule has 0 aromatic heterocycles. The van der Waals surface area contributed by atoms with Crippen LogP contribution in [0.1, 0.15) is 37.4 Å². The van der Waals surface area contributed by atoms with Gasteiger partial charge >= 0.3 is 0 Å². The Morgan fingerprint density at radius 2 is 1.92 bits per heavy atom. The van der Waals surface area contributed by atoms with E-state index >= 15 is 0 Å². The van der Waals surface area contributed by atoms with Crippen LogP contribution in [0.4, 0.5) is 0 Å². The molecule has 2 amide bonds. The van der Waals surface area contributed by atoms with E-state index in [1.54, 1.807) is 18.6 Å². The predicted octanol–water partition coefficient (Wildman–Crippen LogP) is 4.01. The summed E-state index contributed by atoms with van der Waals surface area (Å²) in [7, 11) is 5.24. The molecule has 1 aliphatic heterocycles. The fourth-order valence-electron chi connectivity index (χ4n) is 4.42. The van der Waals surface area contributed by atoms with E-state index in [4.69, 9.17) is 16.3 Å². The summed E-state index contributed by atoms with van der Waals surface area (Å²) in [4.78, 5) is 35.4. The molecule has 9 heteroatoms. The fraction of sp³-hybridized carbons (Fsp3) is 0.483. The maximum Gasteiger partial charge on any atom is 0.246 e. The molecule has 2 atom stereocenters. The van der Waals surface area contributed by atoms with E-state index < -0.39 is 6.04 Å². The van der Waals surface area contributed by atoms with E-state index in [9.17, 15) is 9.59 Å². The average Bonchev–Trinajstić information content (AvgIpc) is 2.88. The van der Waals surface area contributed by atoms with Crippen LogP contribution in [0.15, 0.2) is 54.7 Å². The third-order valence-electron chi connectivity index (χ3n) is 6.30. The number of piperazine rings is 1. The van der Waals surface area contributed by atoms with Crippen molar-refractivity contribution < 1.29 is 14.3 Å². The Labute approximate surface area is 232 Å². The molecule has 0 aliphatic carbocycles. The highest BCUT2D eigenvalue weighted by Crippen LogP contribution is 2.35. The highest BCUT2D eigenvalue weighted by molar-refractivity contribution is 6.30. The largest absolute Gasteiger partial charge is 0.375 e. The number of ether oxygens (including phenoxy) is 1. The second-order valence-electron chi connectivity index (χ2n) is 9.86. The number of hydrogen-bond acceptors (Lipinski definition) is 5. The van der Waals surface area contributed by atoms with Crippen molar-refractivity contribution in [2.24, 2.45) is 10.9 Å². The summed E-state index contributed by atoms with van der Waals surface area (Å²) in [5.74, 6) is -0.0991. The van der Waals surface area contributed by atoms with Crippen LogP contribution >= 0.6 is 11.6 Å². The van der Waals surface area contributed by atoms with Crippen molar-refractivity contribution in [3.63, 3.8) is 0 Å². The Balaban J connectivity index is 2.40. The summed E-state index contributed by atoms with van der Waals surface area (Å²) in [6.07, 6.45) is 7.72. The predicted molar refractivity (Wildman–Crippen MR) is 156 cm³/mol. The average molecular weight is 544 g/mol. The number of amides is 2. The van der Waals surface area contributed by atoms with Gasteiger partial charge in [-0.2, -0.15) is 0 Å². The second kappa shape index (κ2) is 15.5. The summed E-state index contributed by atoms with van der Waals surface area (Å²) in [6, 6.07) is 5.26. The van der Waals surface area contributed by atoms with Crippen LogP contribution in [-0.4, -0.2) is 92.9 Å². The van der Waals surface area contributed by atoms with E-state index in [0.29, 0.717) is 30.1 Å². The molecule has 8 nitrogen and oxygen atoms in total. The summed E-state index contributed by atoms with van der Waals surface area (Å²) in [5.41, 5.74) is 2.58. The maximum absolute atomic E-state index is 12.5. The molecule has 1 N–H and O–H groups in total. The second-order valence-corrected chi connectivity index (χ2v) is 10.3. The van der Waals surface area contributed by atoms with Crippen molar-refractivity contribution in [3.05, 3.63) is 65.9 Å². The van der Waals surface area contributed by atoms with E-state index in [1.807, 2.05) is 62.0 Å².